The molecular formula is C22H31N3O3. The predicted octanol–water partition coefficient (Wildman–Crippen LogP) is 3.49. The summed E-state index contributed by atoms with van der Waals surface area (Å²) in [6, 6.07) is 12.2. The molecule has 0 aliphatic carbocycles. The highest BCUT2D eigenvalue weighted by Gasteiger charge is 2.14. The smallest absolute Gasteiger partial charge is 0.191 e. The summed E-state index contributed by atoms with van der Waals surface area (Å²) < 4.78 is 16.3. The van der Waals surface area contributed by atoms with Crippen molar-refractivity contribution >= 4 is 5.96 Å². The number of nitrogens with zero attached hydrogens (tertiary/aromatic N) is 1. The third-order valence-corrected chi connectivity index (χ3v) is 4.72. The normalized spacial score (nSPS) is 12.3. The van der Waals surface area contributed by atoms with Crippen LogP contribution in [0.2, 0.25) is 0 Å². The van der Waals surface area contributed by atoms with E-state index in [1.165, 1.54) is 11.1 Å². The van der Waals surface area contributed by atoms with Crippen LogP contribution < -0.4 is 24.8 Å². The second-order valence-electron chi connectivity index (χ2n) is 6.48. The highest BCUT2D eigenvalue weighted by molar-refractivity contribution is 5.80. The molecule has 1 atom stereocenters. The van der Waals surface area contributed by atoms with Crippen molar-refractivity contribution in [2.45, 2.75) is 26.3 Å². The van der Waals surface area contributed by atoms with Crippen molar-refractivity contribution in [2.75, 3.05) is 34.9 Å². The monoisotopic (exact) mass is 385 g/mol. The van der Waals surface area contributed by atoms with Gasteiger partial charge in [0.25, 0.3) is 0 Å². The Kier molecular flexibility index (Phi) is 7.99. The van der Waals surface area contributed by atoms with Crippen LogP contribution in [-0.2, 0) is 6.42 Å². The summed E-state index contributed by atoms with van der Waals surface area (Å²) in [4.78, 5) is 4.34. The lowest BCUT2D eigenvalue weighted by molar-refractivity contribution is 0.368. The fourth-order valence-electron chi connectivity index (χ4n) is 3.18. The van der Waals surface area contributed by atoms with Gasteiger partial charge in [0, 0.05) is 31.3 Å². The summed E-state index contributed by atoms with van der Waals surface area (Å²) in [6.45, 7) is 4.93. The van der Waals surface area contributed by atoms with Gasteiger partial charge in [0.15, 0.2) is 5.96 Å². The highest BCUT2D eigenvalue weighted by Crippen LogP contribution is 2.34. The number of nitrogens with one attached hydrogen (secondary N) is 2. The van der Waals surface area contributed by atoms with E-state index >= 15 is 0 Å². The third kappa shape index (κ3) is 5.31. The Bertz CT molecular complexity index is 780. The molecule has 28 heavy (non-hydrogen) atoms. The van der Waals surface area contributed by atoms with Crippen LogP contribution >= 0.6 is 0 Å². The number of ether oxygens (including phenoxy) is 3. The minimum absolute atomic E-state index is 0.150. The number of hydrogen-bond donors (Lipinski definition) is 2. The number of aryl methyl sites for hydroxylation is 1. The molecule has 0 amide bonds. The first-order valence-electron chi connectivity index (χ1n) is 9.35. The van der Waals surface area contributed by atoms with Gasteiger partial charge in [0.2, 0.25) is 0 Å². The van der Waals surface area contributed by atoms with Gasteiger partial charge in [-0.1, -0.05) is 24.3 Å². The van der Waals surface area contributed by atoms with Crippen LogP contribution in [0.3, 0.4) is 0 Å². The Balaban J connectivity index is 2.02. The summed E-state index contributed by atoms with van der Waals surface area (Å²) in [7, 11) is 6.69. The molecule has 0 aliphatic rings. The van der Waals surface area contributed by atoms with Gasteiger partial charge in [-0.15, -0.1) is 0 Å². The lowest BCUT2D eigenvalue weighted by Crippen LogP contribution is -2.39. The average Bonchev–Trinajstić information content (AvgIpc) is 2.72. The van der Waals surface area contributed by atoms with E-state index in [0.29, 0.717) is 12.3 Å². The molecule has 152 valence electrons. The van der Waals surface area contributed by atoms with Crippen LogP contribution in [0, 0.1) is 6.92 Å². The van der Waals surface area contributed by atoms with E-state index in [1.54, 1.807) is 28.4 Å². The van der Waals surface area contributed by atoms with Gasteiger partial charge < -0.3 is 24.8 Å². The van der Waals surface area contributed by atoms with E-state index in [4.69, 9.17) is 14.2 Å². The second kappa shape index (κ2) is 10.4. The van der Waals surface area contributed by atoms with Crippen LogP contribution in [0.4, 0.5) is 0 Å². The van der Waals surface area contributed by atoms with Gasteiger partial charge in [-0.25, -0.2) is 0 Å². The molecule has 2 aromatic carbocycles. The minimum atomic E-state index is 0.150. The lowest BCUT2D eigenvalue weighted by Gasteiger charge is -2.20. The molecule has 0 bridgehead atoms. The first kappa shape index (κ1) is 21.4. The van der Waals surface area contributed by atoms with Crippen molar-refractivity contribution in [1.29, 1.82) is 0 Å². The number of aliphatic imine (C=N–C) groups is 1. The molecule has 0 fully saturated rings. The molecule has 0 saturated carbocycles. The zero-order chi connectivity index (χ0) is 20.5. The van der Waals surface area contributed by atoms with E-state index in [-0.39, 0.29) is 6.04 Å². The van der Waals surface area contributed by atoms with Gasteiger partial charge in [-0.2, -0.15) is 0 Å². The van der Waals surface area contributed by atoms with Gasteiger partial charge in [-0.05, 0) is 31.4 Å². The van der Waals surface area contributed by atoms with Crippen molar-refractivity contribution in [3.63, 3.8) is 0 Å². The van der Waals surface area contributed by atoms with Crippen molar-refractivity contribution < 1.29 is 14.2 Å². The Labute approximate surface area is 167 Å². The standard InChI is InChI=1S/C22H31N3O3/c1-15-9-7-8-10-18(15)16(2)25-22(23-3)24-12-11-19-20(27-5)13-17(26-4)14-21(19)28-6/h7-10,13-14,16H,11-12H2,1-6H3,(H2,23,24,25). The molecule has 0 radical (unpaired) electrons. The molecule has 6 nitrogen and oxygen atoms in total. The van der Waals surface area contributed by atoms with Crippen LogP contribution in [0.1, 0.15) is 29.7 Å². The van der Waals surface area contributed by atoms with E-state index in [0.717, 1.165) is 29.4 Å². The fourth-order valence-corrected chi connectivity index (χ4v) is 3.18. The van der Waals surface area contributed by atoms with Gasteiger partial charge in [0.05, 0.1) is 27.4 Å². The van der Waals surface area contributed by atoms with Crippen molar-refractivity contribution in [2.24, 2.45) is 4.99 Å². The molecule has 0 aliphatic heterocycles. The van der Waals surface area contributed by atoms with Crippen molar-refractivity contribution in [1.82, 2.24) is 10.6 Å². The van der Waals surface area contributed by atoms with Crippen LogP contribution in [0.5, 0.6) is 17.2 Å². The average molecular weight is 386 g/mol. The molecule has 2 N–H and O–H groups in total. The maximum atomic E-state index is 5.52. The molecule has 6 heteroatoms. The molecule has 0 aromatic heterocycles. The van der Waals surface area contributed by atoms with Gasteiger partial charge >= 0.3 is 0 Å². The fraction of sp³-hybridized carbons (Fsp3) is 0.409. The quantitative estimate of drug-likeness (QED) is 0.538. The number of benzene rings is 2. The maximum Gasteiger partial charge on any atom is 0.191 e. The first-order chi connectivity index (χ1) is 13.5. The number of guanidine groups is 1. The third-order valence-electron chi connectivity index (χ3n) is 4.72. The number of rotatable bonds is 8. The minimum Gasteiger partial charge on any atom is -0.496 e. The van der Waals surface area contributed by atoms with Gasteiger partial charge in [-0.3, -0.25) is 4.99 Å². The molecule has 0 spiro atoms. The molecule has 0 saturated heterocycles. The summed E-state index contributed by atoms with van der Waals surface area (Å²) >= 11 is 0. The number of methoxy groups -OCH3 is 3. The maximum absolute atomic E-state index is 5.52. The zero-order valence-corrected chi connectivity index (χ0v) is 17.6. The Morgan fingerprint density at radius 1 is 1.04 bits per heavy atom. The Morgan fingerprint density at radius 3 is 2.21 bits per heavy atom. The topological polar surface area (TPSA) is 64.1 Å². The van der Waals surface area contributed by atoms with Gasteiger partial charge in [0.1, 0.15) is 17.2 Å². The van der Waals surface area contributed by atoms with Crippen LogP contribution in [0.15, 0.2) is 41.4 Å². The molecule has 2 aromatic rings. The first-order valence-corrected chi connectivity index (χ1v) is 9.35. The second-order valence-corrected chi connectivity index (χ2v) is 6.48. The van der Waals surface area contributed by atoms with E-state index < -0.39 is 0 Å². The van der Waals surface area contributed by atoms with E-state index in [2.05, 4.69) is 47.7 Å². The molecule has 2 rings (SSSR count). The van der Waals surface area contributed by atoms with Crippen LogP contribution in [-0.4, -0.2) is 40.9 Å². The summed E-state index contributed by atoms with van der Waals surface area (Å²) in [5, 5.41) is 6.81. The molecule has 1 unspecified atom stereocenters. The Hall–Kier alpha value is -2.89. The predicted molar refractivity (Wildman–Crippen MR) is 114 cm³/mol. The molecule has 0 heterocycles. The lowest BCUT2D eigenvalue weighted by atomic mass is 10.0. The van der Waals surface area contributed by atoms with Crippen molar-refractivity contribution in [3.8, 4) is 17.2 Å². The van der Waals surface area contributed by atoms with Crippen LogP contribution in [0.25, 0.3) is 0 Å². The molecular weight excluding hydrogens is 354 g/mol. The summed E-state index contributed by atoms with van der Waals surface area (Å²) in [5.74, 6) is 2.94. The summed E-state index contributed by atoms with van der Waals surface area (Å²) in [6.07, 6.45) is 0.718. The Morgan fingerprint density at radius 2 is 1.68 bits per heavy atom. The largest absolute Gasteiger partial charge is 0.496 e. The summed E-state index contributed by atoms with van der Waals surface area (Å²) in [5.41, 5.74) is 3.50. The van der Waals surface area contributed by atoms with E-state index in [9.17, 15) is 0 Å². The highest BCUT2D eigenvalue weighted by atomic mass is 16.5. The SMILES string of the molecule is CN=C(NCCc1c(OC)cc(OC)cc1OC)NC(C)c1ccccc1C. The van der Waals surface area contributed by atoms with E-state index in [1.807, 2.05) is 18.2 Å². The van der Waals surface area contributed by atoms with Crippen molar-refractivity contribution in [3.05, 3.63) is 53.1 Å². The zero-order valence-electron chi connectivity index (χ0n) is 17.6. The number of hydrogen-bond acceptors (Lipinski definition) is 4.